The number of benzene rings is 1. The summed E-state index contributed by atoms with van der Waals surface area (Å²) in [5, 5.41) is 6.36. The van der Waals surface area contributed by atoms with Gasteiger partial charge >= 0.3 is 0 Å². The molecule has 0 aliphatic heterocycles. The summed E-state index contributed by atoms with van der Waals surface area (Å²) in [6.07, 6.45) is 8.12. The van der Waals surface area contributed by atoms with Crippen molar-refractivity contribution in [2.24, 2.45) is 5.92 Å². The third-order valence-corrected chi connectivity index (χ3v) is 4.03. The van der Waals surface area contributed by atoms with E-state index in [0.29, 0.717) is 6.42 Å². The van der Waals surface area contributed by atoms with Crippen LogP contribution in [0, 0.1) is 5.92 Å². The molecule has 3 heteroatoms. The van der Waals surface area contributed by atoms with Gasteiger partial charge in [0.2, 0.25) is 5.91 Å². The van der Waals surface area contributed by atoms with E-state index in [-0.39, 0.29) is 5.91 Å². The number of hydrogen-bond acceptors (Lipinski definition) is 2. The summed E-state index contributed by atoms with van der Waals surface area (Å²) in [5.74, 6) is 1.03. The Balaban J connectivity index is 1.47. The topological polar surface area (TPSA) is 41.1 Å². The SMILES string of the molecule is O=C(CCC1CCCC1)NCCCNc1ccccc1. The maximum atomic E-state index is 11.7. The number of carbonyl (C=O) groups excluding carboxylic acids is 1. The molecule has 2 rings (SSSR count). The highest BCUT2D eigenvalue weighted by Crippen LogP contribution is 2.28. The van der Waals surface area contributed by atoms with Gasteiger partial charge in [0.15, 0.2) is 0 Å². The molecule has 3 nitrogen and oxygen atoms in total. The Labute approximate surface area is 122 Å². The number of anilines is 1. The zero-order valence-corrected chi connectivity index (χ0v) is 12.2. The standard InChI is InChI=1S/C17H26N2O/c20-17(12-11-15-7-4-5-8-15)19-14-6-13-18-16-9-2-1-3-10-16/h1-3,9-10,15,18H,4-8,11-14H2,(H,19,20). The molecule has 0 heterocycles. The monoisotopic (exact) mass is 274 g/mol. The van der Waals surface area contributed by atoms with Crippen LogP contribution in [-0.2, 0) is 4.79 Å². The van der Waals surface area contributed by atoms with Gasteiger partial charge in [-0.25, -0.2) is 0 Å². The Kier molecular flexibility index (Phi) is 6.42. The maximum absolute atomic E-state index is 11.7. The number of para-hydroxylation sites is 1. The van der Waals surface area contributed by atoms with Gasteiger partial charge in [-0.2, -0.15) is 0 Å². The molecule has 0 unspecified atom stereocenters. The Hall–Kier alpha value is -1.51. The molecule has 20 heavy (non-hydrogen) atoms. The van der Waals surface area contributed by atoms with Gasteiger partial charge in [-0.05, 0) is 30.9 Å². The molecule has 1 saturated carbocycles. The first kappa shape index (κ1) is 14.9. The Morgan fingerprint density at radius 2 is 1.85 bits per heavy atom. The normalized spacial score (nSPS) is 15.2. The van der Waals surface area contributed by atoms with E-state index in [1.54, 1.807) is 0 Å². The summed E-state index contributed by atoms with van der Waals surface area (Å²) in [6, 6.07) is 10.2. The quantitative estimate of drug-likeness (QED) is 0.711. The van der Waals surface area contributed by atoms with E-state index in [1.165, 1.54) is 25.7 Å². The molecule has 1 fully saturated rings. The van der Waals surface area contributed by atoms with Crippen molar-refractivity contribution in [3.8, 4) is 0 Å². The average Bonchev–Trinajstić information content (AvgIpc) is 2.99. The van der Waals surface area contributed by atoms with Crippen molar-refractivity contribution in [1.82, 2.24) is 5.32 Å². The minimum atomic E-state index is 0.219. The maximum Gasteiger partial charge on any atom is 0.220 e. The third kappa shape index (κ3) is 5.64. The van der Waals surface area contributed by atoms with Crippen LogP contribution in [0.3, 0.4) is 0 Å². The highest BCUT2D eigenvalue weighted by Gasteiger charge is 2.15. The van der Waals surface area contributed by atoms with Gasteiger partial charge in [-0.1, -0.05) is 43.9 Å². The smallest absolute Gasteiger partial charge is 0.220 e. The lowest BCUT2D eigenvalue weighted by molar-refractivity contribution is -0.121. The number of rotatable bonds is 8. The fourth-order valence-corrected chi connectivity index (χ4v) is 2.83. The second-order valence-electron chi connectivity index (χ2n) is 5.69. The minimum absolute atomic E-state index is 0.219. The summed E-state index contributed by atoms with van der Waals surface area (Å²) in [4.78, 5) is 11.7. The van der Waals surface area contributed by atoms with Crippen LogP contribution in [-0.4, -0.2) is 19.0 Å². The van der Waals surface area contributed by atoms with Crippen LogP contribution in [0.2, 0.25) is 0 Å². The van der Waals surface area contributed by atoms with Crippen LogP contribution in [0.15, 0.2) is 30.3 Å². The van der Waals surface area contributed by atoms with Gasteiger partial charge in [0.25, 0.3) is 0 Å². The predicted molar refractivity (Wildman–Crippen MR) is 83.8 cm³/mol. The zero-order valence-electron chi connectivity index (χ0n) is 12.2. The molecule has 1 aromatic carbocycles. The van der Waals surface area contributed by atoms with Gasteiger partial charge in [-0.15, -0.1) is 0 Å². The van der Waals surface area contributed by atoms with Gasteiger partial charge in [0, 0.05) is 25.2 Å². The molecule has 110 valence electrons. The summed E-state index contributed by atoms with van der Waals surface area (Å²) >= 11 is 0. The van der Waals surface area contributed by atoms with E-state index < -0.39 is 0 Å². The summed E-state index contributed by atoms with van der Waals surface area (Å²) in [7, 11) is 0. The molecular weight excluding hydrogens is 248 g/mol. The van der Waals surface area contributed by atoms with Crippen molar-refractivity contribution < 1.29 is 4.79 Å². The number of amides is 1. The van der Waals surface area contributed by atoms with Crippen molar-refractivity contribution in [1.29, 1.82) is 0 Å². The van der Waals surface area contributed by atoms with E-state index in [1.807, 2.05) is 18.2 Å². The fourth-order valence-electron chi connectivity index (χ4n) is 2.83. The minimum Gasteiger partial charge on any atom is -0.385 e. The number of nitrogens with one attached hydrogen (secondary N) is 2. The van der Waals surface area contributed by atoms with E-state index in [9.17, 15) is 4.79 Å². The lowest BCUT2D eigenvalue weighted by atomic mass is 10.0. The lowest BCUT2D eigenvalue weighted by Gasteiger charge is -2.09. The zero-order chi connectivity index (χ0) is 14.0. The predicted octanol–water partition coefficient (Wildman–Crippen LogP) is 3.58. The van der Waals surface area contributed by atoms with Crippen LogP contribution in [0.25, 0.3) is 0 Å². The van der Waals surface area contributed by atoms with Gasteiger partial charge in [0.1, 0.15) is 0 Å². The first-order valence-electron chi connectivity index (χ1n) is 7.90. The first-order chi connectivity index (χ1) is 9.84. The lowest BCUT2D eigenvalue weighted by Crippen LogP contribution is -2.26. The molecule has 0 aromatic heterocycles. The molecule has 1 aromatic rings. The van der Waals surface area contributed by atoms with E-state index in [2.05, 4.69) is 22.8 Å². The van der Waals surface area contributed by atoms with Crippen molar-refractivity contribution in [3.05, 3.63) is 30.3 Å². The van der Waals surface area contributed by atoms with Crippen LogP contribution in [0.1, 0.15) is 44.9 Å². The number of carbonyl (C=O) groups is 1. The molecule has 0 saturated heterocycles. The average molecular weight is 274 g/mol. The molecule has 1 aliphatic carbocycles. The Morgan fingerprint density at radius 1 is 1.10 bits per heavy atom. The third-order valence-electron chi connectivity index (χ3n) is 4.03. The van der Waals surface area contributed by atoms with Gasteiger partial charge in [-0.3, -0.25) is 4.79 Å². The van der Waals surface area contributed by atoms with Gasteiger partial charge < -0.3 is 10.6 Å². The Bertz CT molecular complexity index is 385. The van der Waals surface area contributed by atoms with Crippen LogP contribution >= 0.6 is 0 Å². The molecule has 1 amide bonds. The van der Waals surface area contributed by atoms with Crippen molar-refractivity contribution in [2.75, 3.05) is 18.4 Å². The van der Waals surface area contributed by atoms with E-state index >= 15 is 0 Å². The Morgan fingerprint density at radius 3 is 2.60 bits per heavy atom. The van der Waals surface area contributed by atoms with Gasteiger partial charge in [0.05, 0.1) is 0 Å². The number of hydrogen-bond donors (Lipinski definition) is 2. The molecule has 2 N–H and O–H groups in total. The molecule has 0 bridgehead atoms. The molecule has 1 aliphatic rings. The second-order valence-corrected chi connectivity index (χ2v) is 5.69. The van der Waals surface area contributed by atoms with Crippen LogP contribution < -0.4 is 10.6 Å². The molecule has 0 spiro atoms. The highest BCUT2D eigenvalue weighted by molar-refractivity contribution is 5.75. The van der Waals surface area contributed by atoms with Crippen molar-refractivity contribution in [3.63, 3.8) is 0 Å². The largest absolute Gasteiger partial charge is 0.385 e. The summed E-state index contributed by atoms with van der Waals surface area (Å²) < 4.78 is 0. The summed E-state index contributed by atoms with van der Waals surface area (Å²) in [6.45, 7) is 1.66. The molecule has 0 atom stereocenters. The fraction of sp³-hybridized carbons (Fsp3) is 0.588. The molecule has 0 radical (unpaired) electrons. The summed E-state index contributed by atoms with van der Waals surface area (Å²) in [5.41, 5.74) is 1.14. The highest BCUT2D eigenvalue weighted by atomic mass is 16.1. The van der Waals surface area contributed by atoms with Crippen LogP contribution in [0.4, 0.5) is 5.69 Å². The molecular formula is C17H26N2O. The van der Waals surface area contributed by atoms with E-state index in [0.717, 1.165) is 37.5 Å². The first-order valence-corrected chi connectivity index (χ1v) is 7.90. The van der Waals surface area contributed by atoms with Crippen LogP contribution in [0.5, 0.6) is 0 Å². The van der Waals surface area contributed by atoms with E-state index in [4.69, 9.17) is 0 Å². The van der Waals surface area contributed by atoms with Crippen molar-refractivity contribution in [2.45, 2.75) is 44.9 Å². The second kappa shape index (κ2) is 8.62. The van der Waals surface area contributed by atoms with Crippen molar-refractivity contribution >= 4 is 11.6 Å².